The number of rotatable bonds is 9. The molecule has 0 saturated carbocycles. The number of pyridine rings is 2. The summed E-state index contributed by atoms with van der Waals surface area (Å²) >= 11 is 0. The molecule has 0 bridgehead atoms. The second kappa shape index (κ2) is 10.9. The molecule has 2 heterocycles. The van der Waals surface area contributed by atoms with Gasteiger partial charge in [-0.25, -0.2) is 4.79 Å². The smallest absolute Gasteiger partial charge is 0.322 e. The number of aromatic nitrogens is 2. The van der Waals surface area contributed by atoms with E-state index in [1.807, 2.05) is 37.3 Å². The quantitative estimate of drug-likeness (QED) is 0.494. The van der Waals surface area contributed by atoms with Gasteiger partial charge in [-0.3, -0.25) is 9.78 Å². The molecule has 0 spiro atoms. The van der Waals surface area contributed by atoms with Crippen LogP contribution in [0.25, 0.3) is 10.8 Å². The summed E-state index contributed by atoms with van der Waals surface area (Å²) in [6, 6.07) is 10.9. The van der Waals surface area contributed by atoms with Crippen molar-refractivity contribution in [2.75, 3.05) is 25.6 Å². The van der Waals surface area contributed by atoms with Crippen molar-refractivity contribution < 1.29 is 9.53 Å². The highest BCUT2D eigenvalue weighted by Gasteiger charge is 2.22. The third-order valence-electron chi connectivity index (χ3n) is 5.46. The van der Waals surface area contributed by atoms with Crippen molar-refractivity contribution >= 4 is 22.5 Å². The molecule has 0 radical (unpaired) electrons. The van der Waals surface area contributed by atoms with Crippen LogP contribution in [0.5, 0.6) is 0 Å². The fourth-order valence-electron chi connectivity index (χ4n) is 3.83. The van der Waals surface area contributed by atoms with Gasteiger partial charge in [0.05, 0.1) is 11.7 Å². The minimum Gasteiger partial charge on any atom is -0.385 e. The van der Waals surface area contributed by atoms with Crippen molar-refractivity contribution in [3.8, 4) is 0 Å². The van der Waals surface area contributed by atoms with E-state index in [1.165, 1.54) is 0 Å². The van der Waals surface area contributed by atoms with E-state index in [9.17, 15) is 9.59 Å². The monoisotopic (exact) mass is 436 g/mol. The van der Waals surface area contributed by atoms with Crippen molar-refractivity contribution in [3.63, 3.8) is 0 Å². The number of hydrogen-bond donors (Lipinski definition) is 1. The number of amides is 2. The van der Waals surface area contributed by atoms with Crippen LogP contribution in [0.1, 0.15) is 38.8 Å². The molecule has 170 valence electrons. The minimum atomic E-state index is -0.217. The predicted molar refractivity (Wildman–Crippen MR) is 128 cm³/mol. The molecule has 32 heavy (non-hydrogen) atoms. The number of nitrogens with zero attached hydrogens (tertiary/aromatic N) is 3. The van der Waals surface area contributed by atoms with Crippen LogP contribution in [-0.2, 0) is 11.3 Å². The van der Waals surface area contributed by atoms with E-state index in [2.05, 4.69) is 24.1 Å². The van der Waals surface area contributed by atoms with Gasteiger partial charge in [0.15, 0.2) is 0 Å². The van der Waals surface area contributed by atoms with Crippen LogP contribution in [0.4, 0.5) is 10.5 Å². The van der Waals surface area contributed by atoms with Crippen molar-refractivity contribution in [1.29, 1.82) is 0 Å². The SMILES string of the molecule is COCCCN(C(=O)Nc1cn(CC(C)C)c(=O)c2ccccc12)[C@@H](C)c1ccncc1. The highest BCUT2D eigenvalue weighted by Crippen LogP contribution is 2.24. The summed E-state index contributed by atoms with van der Waals surface area (Å²) in [6.45, 7) is 7.81. The average molecular weight is 437 g/mol. The summed E-state index contributed by atoms with van der Waals surface area (Å²) < 4.78 is 6.88. The molecule has 0 aliphatic rings. The standard InChI is InChI=1S/C25H32N4O3/c1-18(2)16-28-17-23(21-8-5-6-9-22(21)24(28)30)27-25(31)29(14-7-15-32-4)19(3)20-10-12-26-13-11-20/h5-6,8-13,17-19H,7,14-16H2,1-4H3,(H,27,31)/t19-/m0/s1. The number of nitrogens with one attached hydrogen (secondary N) is 1. The Balaban J connectivity index is 1.96. The zero-order valence-corrected chi connectivity index (χ0v) is 19.2. The lowest BCUT2D eigenvalue weighted by Crippen LogP contribution is -2.38. The Labute approximate surface area is 189 Å². The molecule has 7 nitrogen and oxygen atoms in total. The van der Waals surface area contributed by atoms with E-state index in [4.69, 9.17) is 4.74 Å². The molecule has 0 aliphatic carbocycles. The van der Waals surface area contributed by atoms with Gasteiger partial charge >= 0.3 is 6.03 Å². The fraction of sp³-hybridized carbons (Fsp3) is 0.400. The first-order valence-corrected chi connectivity index (χ1v) is 11.0. The maximum atomic E-state index is 13.5. The van der Waals surface area contributed by atoms with Crippen LogP contribution in [0, 0.1) is 5.92 Å². The van der Waals surface area contributed by atoms with Gasteiger partial charge in [0, 0.05) is 56.2 Å². The Morgan fingerprint density at radius 1 is 1.12 bits per heavy atom. The van der Waals surface area contributed by atoms with Crippen LogP contribution in [0.15, 0.2) is 59.8 Å². The van der Waals surface area contributed by atoms with Crippen LogP contribution < -0.4 is 10.9 Å². The zero-order valence-electron chi connectivity index (χ0n) is 19.2. The predicted octanol–water partition coefficient (Wildman–Crippen LogP) is 4.68. The van der Waals surface area contributed by atoms with Gasteiger partial charge in [-0.2, -0.15) is 0 Å². The molecule has 3 aromatic rings. The highest BCUT2D eigenvalue weighted by molar-refractivity contribution is 6.01. The lowest BCUT2D eigenvalue weighted by Gasteiger charge is -2.30. The summed E-state index contributed by atoms with van der Waals surface area (Å²) in [5.74, 6) is 0.301. The second-order valence-electron chi connectivity index (χ2n) is 8.37. The molecular formula is C25H32N4O3. The van der Waals surface area contributed by atoms with E-state index in [-0.39, 0.29) is 17.6 Å². The Morgan fingerprint density at radius 2 is 1.81 bits per heavy atom. The van der Waals surface area contributed by atoms with E-state index in [1.54, 1.807) is 41.2 Å². The summed E-state index contributed by atoms with van der Waals surface area (Å²) in [6.07, 6.45) is 5.93. The number of methoxy groups -OCH3 is 1. The third-order valence-corrected chi connectivity index (χ3v) is 5.46. The van der Waals surface area contributed by atoms with Gasteiger partial charge in [0.2, 0.25) is 0 Å². The molecule has 3 rings (SSSR count). The summed E-state index contributed by atoms with van der Waals surface area (Å²) in [5, 5.41) is 4.41. The van der Waals surface area contributed by atoms with E-state index >= 15 is 0 Å². The highest BCUT2D eigenvalue weighted by atomic mass is 16.5. The number of carbonyl (C=O) groups excluding carboxylic acids is 1. The Bertz CT molecular complexity index is 1100. The second-order valence-corrected chi connectivity index (χ2v) is 8.37. The molecular weight excluding hydrogens is 404 g/mol. The maximum Gasteiger partial charge on any atom is 0.322 e. The Kier molecular flexibility index (Phi) is 8.00. The van der Waals surface area contributed by atoms with Gasteiger partial charge in [0.25, 0.3) is 5.56 Å². The fourth-order valence-corrected chi connectivity index (χ4v) is 3.83. The molecule has 7 heteroatoms. The van der Waals surface area contributed by atoms with Crippen LogP contribution >= 0.6 is 0 Å². The van der Waals surface area contributed by atoms with Crippen LogP contribution in [0.2, 0.25) is 0 Å². The molecule has 1 atom stereocenters. The summed E-state index contributed by atoms with van der Waals surface area (Å²) in [7, 11) is 1.65. The molecule has 1 aromatic carbocycles. The first kappa shape index (κ1) is 23.5. The number of ether oxygens (including phenoxy) is 1. The van der Waals surface area contributed by atoms with E-state index in [0.717, 1.165) is 10.9 Å². The van der Waals surface area contributed by atoms with Crippen molar-refractivity contribution in [2.24, 2.45) is 5.92 Å². The molecule has 0 saturated heterocycles. The number of benzene rings is 1. The number of anilines is 1. The number of urea groups is 1. The lowest BCUT2D eigenvalue weighted by molar-refractivity contribution is 0.161. The normalized spacial score (nSPS) is 12.2. The molecule has 2 amide bonds. The molecule has 1 N–H and O–H groups in total. The zero-order chi connectivity index (χ0) is 23.1. The van der Waals surface area contributed by atoms with Crippen LogP contribution in [0.3, 0.4) is 0 Å². The van der Waals surface area contributed by atoms with E-state index in [0.29, 0.717) is 43.1 Å². The topological polar surface area (TPSA) is 76.5 Å². The maximum absolute atomic E-state index is 13.5. The first-order valence-electron chi connectivity index (χ1n) is 11.0. The molecule has 0 unspecified atom stereocenters. The first-order chi connectivity index (χ1) is 15.4. The largest absolute Gasteiger partial charge is 0.385 e. The lowest BCUT2D eigenvalue weighted by atomic mass is 10.1. The van der Waals surface area contributed by atoms with Gasteiger partial charge in [-0.1, -0.05) is 32.0 Å². The van der Waals surface area contributed by atoms with Crippen molar-refractivity contribution in [2.45, 2.75) is 39.8 Å². The van der Waals surface area contributed by atoms with E-state index < -0.39 is 0 Å². The number of fused-ring (bicyclic) bond motifs is 1. The Morgan fingerprint density at radius 3 is 2.47 bits per heavy atom. The molecule has 0 fully saturated rings. The number of carbonyl (C=O) groups is 1. The van der Waals surface area contributed by atoms with Gasteiger partial charge in [-0.15, -0.1) is 0 Å². The minimum absolute atomic E-state index is 0.0468. The molecule has 0 aliphatic heterocycles. The third kappa shape index (κ3) is 5.53. The van der Waals surface area contributed by atoms with Gasteiger partial charge in [-0.05, 0) is 43.0 Å². The summed E-state index contributed by atoms with van der Waals surface area (Å²) in [4.78, 5) is 32.3. The summed E-state index contributed by atoms with van der Waals surface area (Å²) in [5.41, 5.74) is 1.58. The Hall–Kier alpha value is -3.19. The van der Waals surface area contributed by atoms with Crippen LogP contribution in [-0.4, -0.2) is 40.7 Å². The van der Waals surface area contributed by atoms with Crippen molar-refractivity contribution in [1.82, 2.24) is 14.5 Å². The molecule has 2 aromatic heterocycles. The van der Waals surface area contributed by atoms with Crippen molar-refractivity contribution in [3.05, 3.63) is 70.9 Å². The number of hydrogen-bond acceptors (Lipinski definition) is 4. The van der Waals surface area contributed by atoms with Gasteiger partial charge in [0.1, 0.15) is 0 Å². The van der Waals surface area contributed by atoms with Gasteiger partial charge < -0.3 is 19.5 Å². The average Bonchev–Trinajstić information content (AvgIpc) is 2.79.